The number of halogens is 4. The minimum atomic E-state index is -6.00. The predicted molar refractivity (Wildman–Crippen MR) is 92.1 cm³/mol. The van der Waals surface area contributed by atoms with Crippen molar-refractivity contribution in [3.05, 3.63) is 62.3 Å². The van der Waals surface area contributed by atoms with E-state index >= 15 is 0 Å². The largest absolute Gasteiger partial charge is 0.673 e. The van der Waals surface area contributed by atoms with E-state index in [0.29, 0.717) is 6.42 Å². The summed E-state index contributed by atoms with van der Waals surface area (Å²) in [5.41, 5.74) is 1.14. The number of hydrogen-bond donors (Lipinski definition) is 1. The third-order valence-corrected chi connectivity index (χ3v) is 2.99. The zero-order chi connectivity index (χ0) is 19.4. The van der Waals surface area contributed by atoms with Crippen LogP contribution in [0.15, 0.2) is 62.3 Å². The predicted octanol–water partition coefficient (Wildman–Crippen LogP) is 4.34. The van der Waals surface area contributed by atoms with E-state index in [0.717, 1.165) is 18.4 Å². The van der Waals surface area contributed by atoms with Crippen molar-refractivity contribution in [2.24, 2.45) is 5.84 Å². The number of carbonyl (C=O) groups is 1. The lowest BCUT2D eigenvalue weighted by atomic mass is 10.0. The number of hydrogen-bond acceptors (Lipinski definition) is 2. The number of nitrogens with zero attached hydrogens (tertiary/aromatic N) is 1. The van der Waals surface area contributed by atoms with E-state index in [2.05, 4.69) is 26.3 Å². The first-order chi connectivity index (χ1) is 10.9. The first-order valence-corrected chi connectivity index (χ1v) is 7.15. The van der Waals surface area contributed by atoms with Gasteiger partial charge in [-0.15, -0.1) is 19.7 Å². The minimum Gasteiger partial charge on any atom is -0.418 e. The number of likely N-dealkylation sites (N-methyl/N-ethyl adjacent to an activating group) is 1. The first kappa shape index (κ1) is 24.3. The van der Waals surface area contributed by atoms with E-state index in [-0.39, 0.29) is 16.5 Å². The summed E-state index contributed by atoms with van der Waals surface area (Å²) in [5.74, 6) is 5.89. The van der Waals surface area contributed by atoms with Crippen LogP contribution < -0.4 is 5.84 Å². The van der Waals surface area contributed by atoms with Crippen LogP contribution in [0.1, 0.15) is 19.3 Å². The highest BCUT2D eigenvalue weighted by Gasteiger charge is 2.33. The zero-order valence-corrected chi connectivity index (χ0v) is 13.9. The van der Waals surface area contributed by atoms with Crippen molar-refractivity contribution in [3.63, 3.8) is 0 Å². The molecular weight excluding hydrogens is 323 g/mol. The molecule has 1 amide bonds. The SMILES string of the molecule is C=CCC(=CC(CC=C)[N+](C)(N)C(=O)C=C)CC=C.F[B-](F)(F)F. The van der Waals surface area contributed by atoms with Gasteiger partial charge in [0.15, 0.2) is 0 Å². The Morgan fingerprint density at radius 1 is 1.08 bits per heavy atom. The summed E-state index contributed by atoms with van der Waals surface area (Å²) in [6, 6.07) is -0.169. The van der Waals surface area contributed by atoms with Gasteiger partial charge in [0, 0.05) is 12.5 Å². The van der Waals surface area contributed by atoms with Crippen molar-refractivity contribution >= 4 is 13.2 Å². The molecule has 0 radical (unpaired) electrons. The Kier molecular flexibility index (Phi) is 11.7. The molecule has 24 heavy (non-hydrogen) atoms. The fourth-order valence-corrected chi connectivity index (χ4v) is 1.84. The van der Waals surface area contributed by atoms with Crippen molar-refractivity contribution in [3.8, 4) is 0 Å². The summed E-state index contributed by atoms with van der Waals surface area (Å²) < 4.78 is 38.7. The van der Waals surface area contributed by atoms with E-state index < -0.39 is 7.25 Å². The average Bonchev–Trinajstić information content (AvgIpc) is 2.44. The van der Waals surface area contributed by atoms with Gasteiger partial charge in [-0.1, -0.05) is 30.4 Å². The van der Waals surface area contributed by atoms with Crippen molar-refractivity contribution in [2.75, 3.05) is 7.05 Å². The summed E-state index contributed by atoms with van der Waals surface area (Å²) in [4.78, 5) is 11.9. The van der Waals surface area contributed by atoms with Gasteiger partial charge in [-0.25, -0.2) is 4.79 Å². The normalized spacial score (nSPS) is 14.1. The smallest absolute Gasteiger partial charge is 0.418 e. The number of allylic oxidation sites excluding steroid dienone is 3. The molecule has 0 aliphatic carbocycles. The van der Waals surface area contributed by atoms with Crippen molar-refractivity contribution in [2.45, 2.75) is 25.3 Å². The molecule has 2 N–H and O–H groups in total. The van der Waals surface area contributed by atoms with Gasteiger partial charge in [0.1, 0.15) is 6.04 Å². The molecule has 0 aromatic rings. The van der Waals surface area contributed by atoms with E-state index in [1.807, 2.05) is 18.2 Å². The summed E-state index contributed by atoms with van der Waals surface area (Å²) in [7, 11) is -4.33. The van der Waals surface area contributed by atoms with Crippen LogP contribution in [0.25, 0.3) is 0 Å². The molecule has 136 valence electrons. The second-order valence-electron chi connectivity index (χ2n) is 5.09. The molecule has 2 atom stereocenters. The summed E-state index contributed by atoms with van der Waals surface area (Å²) in [5, 5.41) is 0. The second-order valence-corrected chi connectivity index (χ2v) is 5.09. The van der Waals surface area contributed by atoms with Crippen LogP contribution in [-0.4, -0.2) is 30.8 Å². The van der Waals surface area contributed by atoms with Gasteiger partial charge in [-0.2, -0.15) is 10.4 Å². The van der Waals surface area contributed by atoms with Gasteiger partial charge in [-0.3, -0.25) is 0 Å². The highest BCUT2D eigenvalue weighted by molar-refractivity contribution is 6.50. The van der Waals surface area contributed by atoms with E-state index in [4.69, 9.17) is 5.84 Å². The van der Waals surface area contributed by atoms with Gasteiger partial charge < -0.3 is 17.3 Å². The summed E-state index contributed by atoms with van der Waals surface area (Å²) >= 11 is 0. The molecule has 0 aliphatic heterocycles. The minimum absolute atomic E-state index is 0.169. The Hall–Kier alpha value is -1.93. The number of amides is 1. The van der Waals surface area contributed by atoms with E-state index in [1.54, 1.807) is 13.1 Å². The van der Waals surface area contributed by atoms with Gasteiger partial charge in [-0.05, 0) is 18.9 Å². The van der Waals surface area contributed by atoms with Crippen LogP contribution in [0.4, 0.5) is 17.3 Å². The third kappa shape index (κ3) is 11.6. The van der Waals surface area contributed by atoms with Crippen molar-refractivity contribution in [1.82, 2.24) is 0 Å². The molecule has 0 aromatic heterocycles. The molecule has 0 heterocycles. The topological polar surface area (TPSA) is 43.1 Å². The quantitative estimate of drug-likeness (QED) is 0.0984. The highest BCUT2D eigenvalue weighted by Crippen LogP contribution is 2.18. The lowest BCUT2D eigenvalue weighted by Gasteiger charge is -2.31. The van der Waals surface area contributed by atoms with E-state index in [1.165, 1.54) is 6.08 Å². The zero-order valence-electron chi connectivity index (χ0n) is 13.9. The number of quaternary nitrogens is 1. The molecule has 0 saturated carbocycles. The lowest BCUT2D eigenvalue weighted by molar-refractivity contribution is -0.862. The Bertz CT molecular complexity index is 467. The Labute approximate surface area is 141 Å². The molecular formula is C16H25BF4N2O. The van der Waals surface area contributed by atoms with Crippen LogP contribution in [-0.2, 0) is 4.79 Å². The maximum Gasteiger partial charge on any atom is 0.673 e. The Morgan fingerprint density at radius 2 is 1.50 bits per heavy atom. The van der Waals surface area contributed by atoms with E-state index in [9.17, 15) is 22.1 Å². The molecule has 2 unspecified atom stereocenters. The molecule has 0 rings (SSSR count). The van der Waals surface area contributed by atoms with Crippen LogP contribution in [0.5, 0.6) is 0 Å². The maximum atomic E-state index is 11.9. The number of carbonyl (C=O) groups excluding carboxylic acids is 1. The fourth-order valence-electron chi connectivity index (χ4n) is 1.84. The molecule has 0 saturated heterocycles. The van der Waals surface area contributed by atoms with Gasteiger partial charge in [0.05, 0.1) is 7.05 Å². The summed E-state index contributed by atoms with van der Waals surface area (Å²) in [6.07, 6.45) is 10.8. The van der Waals surface area contributed by atoms with Gasteiger partial charge >= 0.3 is 13.2 Å². The van der Waals surface area contributed by atoms with Gasteiger partial charge in [0.25, 0.3) is 0 Å². The molecule has 0 bridgehead atoms. The standard InChI is InChI=1S/C16H25N2O.BF4/c1-6-10-14(11-7-2)13-15(12-8-3)18(5,17)16(19)9-4;2-1(3,4)5/h6-9,13,15H,1-4,10-12,17H2,5H3;/q+1;-1. The number of rotatable bonds is 9. The lowest BCUT2D eigenvalue weighted by Crippen LogP contribution is -2.60. The van der Waals surface area contributed by atoms with Crippen LogP contribution >= 0.6 is 0 Å². The molecule has 0 aromatic carbocycles. The molecule has 0 fully saturated rings. The van der Waals surface area contributed by atoms with Crippen LogP contribution in [0.2, 0.25) is 0 Å². The highest BCUT2D eigenvalue weighted by atomic mass is 19.5. The average molecular weight is 348 g/mol. The molecule has 0 aliphatic rings. The summed E-state index contributed by atoms with van der Waals surface area (Å²) in [6.45, 7) is 14.7. The second kappa shape index (κ2) is 11.6. The molecule has 0 spiro atoms. The van der Waals surface area contributed by atoms with Crippen LogP contribution in [0.3, 0.4) is 0 Å². The van der Waals surface area contributed by atoms with Crippen LogP contribution in [0, 0.1) is 0 Å². The maximum absolute atomic E-state index is 11.9. The van der Waals surface area contributed by atoms with Crippen molar-refractivity contribution in [1.29, 1.82) is 0 Å². The molecule has 8 heteroatoms. The first-order valence-electron chi connectivity index (χ1n) is 7.15. The monoisotopic (exact) mass is 348 g/mol. The third-order valence-electron chi connectivity index (χ3n) is 2.99. The Morgan fingerprint density at radius 3 is 1.79 bits per heavy atom. The Balaban J connectivity index is 0. The van der Waals surface area contributed by atoms with Crippen molar-refractivity contribution < 1.29 is 26.6 Å². The molecule has 3 nitrogen and oxygen atoms in total. The fraction of sp³-hybridized carbons (Fsp3) is 0.312. The van der Waals surface area contributed by atoms with Gasteiger partial charge in [0.2, 0.25) is 0 Å². The number of nitrogens with two attached hydrogens (primary N) is 1.